The molecule has 2 aliphatic heterocycles. The van der Waals surface area contributed by atoms with Crippen molar-refractivity contribution in [3.63, 3.8) is 0 Å². The molecule has 1 aromatic heterocycles. The van der Waals surface area contributed by atoms with E-state index < -0.39 is 0 Å². The Morgan fingerprint density at radius 3 is 2.15 bits per heavy atom. The number of carbonyl (C=O) groups is 2. The lowest BCUT2D eigenvalue weighted by Gasteiger charge is -2.38. The van der Waals surface area contributed by atoms with Crippen molar-refractivity contribution in [2.75, 3.05) is 37.6 Å². The highest BCUT2D eigenvalue weighted by molar-refractivity contribution is 5.81. The van der Waals surface area contributed by atoms with Crippen LogP contribution in [0.2, 0.25) is 0 Å². The van der Waals surface area contributed by atoms with E-state index in [0.717, 1.165) is 70.6 Å². The molecule has 1 aromatic carbocycles. The highest BCUT2D eigenvalue weighted by Gasteiger charge is 2.40. The lowest BCUT2D eigenvalue weighted by molar-refractivity contribution is -0.138. The van der Waals surface area contributed by atoms with Crippen molar-refractivity contribution < 1.29 is 9.59 Å². The second-order valence-electron chi connectivity index (χ2n) is 9.95. The second-order valence-corrected chi connectivity index (χ2v) is 9.95. The summed E-state index contributed by atoms with van der Waals surface area (Å²) in [6.07, 6.45) is 7.98. The average molecular weight is 447 g/mol. The number of carbonyl (C=O) groups excluding carboxylic acids is 2. The molecule has 2 amide bonds. The van der Waals surface area contributed by atoms with Crippen LogP contribution in [0.5, 0.6) is 0 Å². The third kappa shape index (κ3) is 4.90. The fourth-order valence-corrected chi connectivity index (χ4v) is 5.84. The van der Waals surface area contributed by atoms with Gasteiger partial charge in [0.05, 0.1) is 0 Å². The molecule has 174 valence electrons. The number of rotatable bonds is 5. The van der Waals surface area contributed by atoms with Crippen LogP contribution in [-0.2, 0) is 22.6 Å². The predicted molar refractivity (Wildman–Crippen MR) is 129 cm³/mol. The Kier molecular flexibility index (Phi) is 6.34. The number of pyridine rings is 1. The van der Waals surface area contributed by atoms with Crippen LogP contribution in [0.1, 0.15) is 49.7 Å². The number of hydrogen-bond acceptors (Lipinski definition) is 4. The van der Waals surface area contributed by atoms with Crippen molar-refractivity contribution in [2.45, 2.75) is 51.5 Å². The van der Waals surface area contributed by atoms with Crippen LogP contribution in [0.3, 0.4) is 0 Å². The van der Waals surface area contributed by atoms with Gasteiger partial charge in [-0.05, 0) is 47.9 Å². The number of hydrogen-bond donors (Lipinski definition) is 0. The fourth-order valence-electron chi connectivity index (χ4n) is 5.84. The van der Waals surface area contributed by atoms with E-state index in [4.69, 9.17) is 0 Å². The van der Waals surface area contributed by atoms with Crippen LogP contribution in [0.4, 0.5) is 5.82 Å². The second kappa shape index (κ2) is 9.54. The summed E-state index contributed by atoms with van der Waals surface area (Å²) in [5.41, 5.74) is 2.46. The molecule has 2 aromatic rings. The Morgan fingerprint density at radius 1 is 0.788 bits per heavy atom. The third-order valence-electron chi connectivity index (χ3n) is 7.81. The number of nitrogens with zero attached hydrogens (tertiary/aromatic N) is 4. The van der Waals surface area contributed by atoms with Crippen molar-refractivity contribution >= 4 is 17.6 Å². The maximum Gasteiger partial charge on any atom is 0.223 e. The first kappa shape index (κ1) is 21.9. The molecule has 1 saturated carbocycles. The fraction of sp³-hybridized carbons (Fsp3) is 0.519. The number of anilines is 1. The molecular formula is C27H34N4O2. The molecule has 1 aliphatic carbocycles. The topological polar surface area (TPSA) is 56.8 Å². The molecule has 3 heterocycles. The highest BCUT2D eigenvalue weighted by atomic mass is 16.2. The highest BCUT2D eigenvalue weighted by Crippen LogP contribution is 2.45. The van der Waals surface area contributed by atoms with Crippen LogP contribution in [0.25, 0.3) is 0 Å². The predicted octanol–water partition coefficient (Wildman–Crippen LogP) is 3.66. The molecule has 33 heavy (non-hydrogen) atoms. The molecule has 5 rings (SSSR count). The number of aromatic nitrogens is 1. The first-order chi connectivity index (χ1) is 16.1. The van der Waals surface area contributed by atoms with Gasteiger partial charge in [-0.3, -0.25) is 9.59 Å². The van der Waals surface area contributed by atoms with Gasteiger partial charge < -0.3 is 14.7 Å². The Bertz CT molecular complexity index is 979. The maximum atomic E-state index is 13.3. The van der Waals surface area contributed by atoms with E-state index in [2.05, 4.69) is 34.1 Å². The minimum absolute atomic E-state index is 0.163. The Hall–Kier alpha value is -2.89. The first-order valence-electron chi connectivity index (χ1n) is 12.4. The summed E-state index contributed by atoms with van der Waals surface area (Å²) >= 11 is 0. The van der Waals surface area contributed by atoms with Crippen LogP contribution in [-0.4, -0.2) is 59.3 Å². The maximum absolute atomic E-state index is 13.3. The largest absolute Gasteiger partial charge is 0.353 e. The van der Waals surface area contributed by atoms with Crippen molar-refractivity contribution in [2.24, 2.45) is 5.41 Å². The quantitative estimate of drug-likeness (QED) is 0.704. The lowest BCUT2D eigenvalue weighted by Crippen LogP contribution is -2.50. The first-order valence-corrected chi connectivity index (χ1v) is 12.4. The minimum atomic E-state index is -0.163. The standard InChI is InChI=1S/C27H34N4O2/c32-25(30-17-15-29(16-18-30)24-9-3-6-13-28-24)19-27(11-4-5-12-27)20-26(33)31-14-10-22-7-1-2-8-23(22)21-31/h1-3,6-9,13H,4-5,10-12,14-21H2. The molecule has 0 unspecified atom stereocenters. The minimum Gasteiger partial charge on any atom is -0.353 e. The van der Waals surface area contributed by atoms with Gasteiger partial charge in [-0.15, -0.1) is 0 Å². The summed E-state index contributed by atoms with van der Waals surface area (Å²) < 4.78 is 0. The molecule has 6 nitrogen and oxygen atoms in total. The Morgan fingerprint density at radius 2 is 1.45 bits per heavy atom. The summed E-state index contributed by atoms with van der Waals surface area (Å²) in [7, 11) is 0. The molecule has 6 heteroatoms. The molecule has 0 bridgehead atoms. The summed E-state index contributed by atoms with van der Waals surface area (Å²) in [5.74, 6) is 1.42. The van der Waals surface area contributed by atoms with Gasteiger partial charge in [0.15, 0.2) is 0 Å². The van der Waals surface area contributed by atoms with E-state index in [1.54, 1.807) is 0 Å². The van der Waals surface area contributed by atoms with Gasteiger partial charge in [-0.2, -0.15) is 0 Å². The number of amides is 2. The van der Waals surface area contributed by atoms with Gasteiger partial charge in [0.25, 0.3) is 0 Å². The Balaban J connectivity index is 1.18. The zero-order chi connectivity index (χ0) is 22.7. The monoisotopic (exact) mass is 446 g/mol. The smallest absolute Gasteiger partial charge is 0.223 e. The van der Waals surface area contributed by atoms with E-state index in [-0.39, 0.29) is 17.2 Å². The van der Waals surface area contributed by atoms with Gasteiger partial charge in [0.2, 0.25) is 11.8 Å². The average Bonchev–Trinajstić information content (AvgIpc) is 3.32. The molecule has 0 radical (unpaired) electrons. The molecule has 0 N–H and O–H groups in total. The molecule has 1 saturated heterocycles. The molecule has 0 spiro atoms. The van der Waals surface area contributed by atoms with Gasteiger partial charge in [-0.1, -0.05) is 43.2 Å². The van der Waals surface area contributed by atoms with E-state index in [0.29, 0.717) is 19.4 Å². The number of fused-ring (bicyclic) bond motifs is 1. The van der Waals surface area contributed by atoms with E-state index in [9.17, 15) is 9.59 Å². The van der Waals surface area contributed by atoms with Crippen molar-refractivity contribution in [3.8, 4) is 0 Å². The zero-order valence-corrected chi connectivity index (χ0v) is 19.4. The van der Waals surface area contributed by atoms with Crippen LogP contribution in [0, 0.1) is 5.41 Å². The summed E-state index contributed by atoms with van der Waals surface area (Å²) in [4.78, 5) is 37.3. The van der Waals surface area contributed by atoms with Gasteiger partial charge in [0.1, 0.15) is 5.82 Å². The van der Waals surface area contributed by atoms with Crippen LogP contribution in [0.15, 0.2) is 48.7 Å². The molecule has 0 atom stereocenters. The van der Waals surface area contributed by atoms with Gasteiger partial charge in [-0.25, -0.2) is 4.98 Å². The van der Waals surface area contributed by atoms with Gasteiger partial charge >= 0.3 is 0 Å². The van der Waals surface area contributed by atoms with E-state index in [1.165, 1.54) is 11.1 Å². The number of piperazine rings is 1. The van der Waals surface area contributed by atoms with E-state index in [1.807, 2.05) is 34.2 Å². The van der Waals surface area contributed by atoms with Gasteiger partial charge in [0, 0.05) is 58.3 Å². The molecule has 2 fully saturated rings. The third-order valence-corrected chi connectivity index (χ3v) is 7.81. The number of benzene rings is 1. The molecule has 3 aliphatic rings. The summed E-state index contributed by atoms with van der Waals surface area (Å²) in [6.45, 7) is 4.55. The SMILES string of the molecule is O=C(CC1(CC(=O)N2CCc3ccccc3C2)CCCC1)N1CCN(c2ccccn2)CC1. The van der Waals surface area contributed by atoms with Crippen molar-refractivity contribution in [1.82, 2.24) is 14.8 Å². The summed E-state index contributed by atoms with van der Waals surface area (Å²) in [5, 5.41) is 0. The molecular weight excluding hydrogens is 412 g/mol. The zero-order valence-electron chi connectivity index (χ0n) is 19.4. The normalized spacial score (nSPS) is 19.9. The van der Waals surface area contributed by atoms with Crippen LogP contribution < -0.4 is 4.90 Å². The van der Waals surface area contributed by atoms with E-state index >= 15 is 0 Å². The van der Waals surface area contributed by atoms with Crippen LogP contribution >= 0.6 is 0 Å². The lowest BCUT2D eigenvalue weighted by atomic mass is 9.78. The Labute approximate surface area is 196 Å². The van der Waals surface area contributed by atoms with Crippen molar-refractivity contribution in [1.29, 1.82) is 0 Å². The summed E-state index contributed by atoms with van der Waals surface area (Å²) in [6, 6.07) is 14.4. The van der Waals surface area contributed by atoms with Crippen molar-refractivity contribution in [3.05, 3.63) is 59.8 Å².